The molecule has 1 aromatic carbocycles. The minimum absolute atomic E-state index is 0.548. The van der Waals surface area contributed by atoms with Crippen LogP contribution in [0.25, 0.3) is 0 Å². The Labute approximate surface area is 163 Å². The van der Waals surface area contributed by atoms with Gasteiger partial charge in [-0.25, -0.2) is 0 Å². The predicted octanol–water partition coefficient (Wildman–Crippen LogP) is 3.38. The Morgan fingerprint density at radius 2 is 2.08 bits per heavy atom. The number of aryl methyl sites for hydroxylation is 1. The van der Waals surface area contributed by atoms with Gasteiger partial charge < -0.3 is 4.90 Å². The van der Waals surface area contributed by atoms with E-state index in [2.05, 4.69) is 54.1 Å². The molecule has 3 heterocycles. The maximum absolute atomic E-state index is 5.77. The largest absolute Gasteiger partial charge is 0.310 e. The van der Waals surface area contributed by atoms with E-state index < -0.39 is 0 Å². The van der Waals surface area contributed by atoms with E-state index in [1.165, 1.54) is 11.1 Å². The molecule has 0 fully saturated rings. The summed E-state index contributed by atoms with van der Waals surface area (Å²) < 4.78 is 5.00. The summed E-state index contributed by atoms with van der Waals surface area (Å²) >= 11 is 7.67. The molecule has 0 bridgehead atoms. The number of hydrogen-bond acceptors (Lipinski definition) is 3. The van der Waals surface area contributed by atoms with Gasteiger partial charge in [-0.15, -0.1) is 11.3 Å². The lowest BCUT2D eigenvalue weighted by atomic mass is 9.98. The third kappa shape index (κ3) is 3.29. The first-order chi connectivity index (χ1) is 12.7. The Morgan fingerprint density at radius 1 is 1.27 bits per heavy atom. The summed E-state index contributed by atoms with van der Waals surface area (Å²) in [6, 6.07) is 13.3. The molecule has 1 aliphatic rings. The molecule has 1 unspecified atom stereocenters. The fraction of sp³-hybridized carbons (Fsp3) is 0.400. The molecule has 0 saturated carbocycles. The zero-order valence-corrected chi connectivity index (χ0v) is 16.9. The van der Waals surface area contributed by atoms with Crippen molar-refractivity contribution in [3.63, 3.8) is 0 Å². The average molecular weight is 386 g/mol. The minimum Gasteiger partial charge on any atom is -0.310 e. The molecule has 2 aromatic heterocycles. The Balaban J connectivity index is 1.58. The van der Waals surface area contributed by atoms with Crippen LogP contribution in [0.4, 0.5) is 0 Å². The summed E-state index contributed by atoms with van der Waals surface area (Å²) in [5.74, 6) is 0.986. The molecular weight excluding hydrogens is 360 g/mol. The molecule has 1 aliphatic heterocycles. The lowest BCUT2D eigenvalue weighted by Gasteiger charge is -2.31. The highest BCUT2D eigenvalue weighted by atomic mass is 32.1. The van der Waals surface area contributed by atoms with Crippen LogP contribution in [0.1, 0.15) is 41.2 Å². The second-order valence-corrected chi connectivity index (χ2v) is 8.34. The van der Waals surface area contributed by atoms with Crippen LogP contribution in [-0.4, -0.2) is 20.9 Å². The van der Waals surface area contributed by atoms with Gasteiger partial charge in [0.25, 0.3) is 0 Å². The smallest absolute Gasteiger partial charge is 0.203 e. The summed E-state index contributed by atoms with van der Waals surface area (Å²) in [5, 5.41) is 7.01. The number of rotatable bonds is 5. The molecule has 0 radical (unpaired) electrons. The van der Waals surface area contributed by atoms with Crippen LogP contribution >= 0.6 is 23.6 Å². The van der Waals surface area contributed by atoms with Gasteiger partial charge in [-0.1, -0.05) is 37.3 Å². The Bertz CT molecular complexity index is 938. The quantitative estimate of drug-likeness (QED) is 0.682. The van der Waals surface area contributed by atoms with Gasteiger partial charge in [-0.3, -0.25) is 4.57 Å². The predicted molar refractivity (Wildman–Crippen MR) is 108 cm³/mol. The van der Waals surface area contributed by atoms with E-state index in [0.717, 1.165) is 43.2 Å². The molecule has 2 atom stereocenters. The van der Waals surface area contributed by atoms with Crippen molar-refractivity contribution < 1.29 is 4.90 Å². The van der Waals surface area contributed by atoms with Crippen molar-refractivity contribution in [1.29, 1.82) is 0 Å². The van der Waals surface area contributed by atoms with Crippen molar-refractivity contribution in [3.05, 3.63) is 68.4 Å². The molecule has 0 amide bonds. The third-order valence-electron chi connectivity index (χ3n) is 5.37. The first kappa shape index (κ1) is 17.6. The molecule has 0 saturated heterocycles. The number of fused-ring (bicyclic) bond motifs is 1. The van der Waals surface area contributed by atoms with Crippen LogP contribution in [0.3, 0.4) is 0 Å². The van der Waals surface area contributed by atoms with Crippen LogP contribution in [0.15, 0.2) is 41.8 Å². The van der Waals surface area contributed by atoms with Gasteiger partial charge in [0.15, 0.2) is 6.67 Å². The van der Waals surface area contributed by atoms with Crippen molar-refractivity contribution in [1.82, 2.24) is 14.3 Å². The molecule has 1 N–H and O–H groups in total. The maximum atomic E-state index is 5.77. The van der Waals surface area contributed by atoms with E-state index in [-0.39, 0.29) is 0 Å². The van der Waals surface area contributed by atoms with Gasteiger partial charge in [-0.05, 0) is 36.2 Å². The van der Waals surface area contributed by atoms with Gasteiger partial charge in [-0.2, -0.15) is 9.78 Å². The van der Waals surface area contributed by atoms with Gasteiger partial charge >= 0.3 is 0 Å². The van der Waals surface area contributed by atoms with Gasteiger partial charge in [0, 0.05) is 23.3 Å². The molecule has 136 valence electrons. The molecule has 3 aromatic rings. The number of thiophene rings is 1. The minimum atomic E-state index is 0.548. The maximum Gasteiger partial charge on any atom is 0.203 e. The summed E-state index contributed by atoms with van der Waals surface area (Å²) in [6.07, 6.45) is 2.31. The van der Waals surface area contributed by atoms with E-state index in [1.807, 2.05) is 22.1 Å². The lowest BCUT2D eigenvalue weighted by Crippen LogP contribution is -3.12. The van der Waals surface area contributed by atoms with Gasteiger partial charge in [0.1, 0.15) is 11.9 Å². The van der Waals surface area contributed by atoms with Gasteiger partial charge in [0.2, 0.25) is 4.77 Å². The first-order valence-electron chi connectivity index (χ1n) is 9.26. The molecule has 0 spiro atoms. The zero-order valence-electron chi connectivity index (χ0n) is 15.3. The normalized spacial score (nSPS) is 19.5. The van der Waals surface area contributed by atoms with Crippen LogP contribution in [0.5, 0.6) is 0 Å². The van der Waals surface area contributed by atoms with Crippen LogP contribution in [0.2, 0.25) is 0 Å². The van der Waals surface area contributed by atoms with Crippen molar-refractivity contribution >= 4 is 23.6 Å². The SMILES string of the molecule is CC[C@H]1c2ccsc2CC[NH+]1Cn1nc(C)n(Cc2ccccc2)c1=S. The Hall–Kier alpha value is -1.76. The molecule has 4 rings (SSSR count). The van der Waals surface area contributed by atoms with Crippen LogP contribution in [0, 0.1) is 11.7 Å². The highest BCUT2D eigenvalue weighted by molar-refractivity contribution is 7.71. The lowest BCUT2D eigenvalue weighted by molar-refractivity contribution is -0.956. The van der Waals surface area contributed by atoms with Crippen molar-refractivity contribution in [2.45, 2.75) is 45.9 Å². The second-order valence-electron chi connectivity index (χ2n) is 6.98. The molecule has 0 aliphatic carbocycles. The van der Waals surface area contributed by atoms with Crippen molar-refractivity contribution in [2.75, 3.05) is 6.54 Å². The van der Waals surface area contributed by atoms with E-state index in [9.17, 15) is 0 Å². The molecule has 4 nitrogen and oxygen atoms in total. The second kappa shape index (κ2) is 7.47. The summed E-state index contributed by atoms with van der Waals surface area (Å²) in [7, 11) is 0. The highest BCUT2D eigenvalue weighted by Gasteiger charge is 2.31. The van der Waals surface area contributed by atoms with Crippen molar-refractivity contribution in [3.8, 4) is 0 Å². The average Bonchev–Trinajstić information content (AvgIpc) is 3.23. The molecule has 26 heavy (non-hydrogen) atoms. The van der Waals surface area contributed by atoms with E-state index in [4.69, 9.17) is 17.3 Å². The number of nitrogens with zero attached hydrogens (tertiary/aromatic N) is 3. The zero-order chi connectivity index (χ0) is 18.1. The number of aromatic nitrogens is 3. The number of hydrogen-bond donors (Lipinski definition) is 1. The Kier molecular flexibility index (Phi) is 5.07. The van der Waals surface area contributed by atoms with E-state index in [1.54, 1.807) is 9.78 Å². The van der Waals surface area contributed by atoms with Gasteiger partial charge in [0.05, 0.1) is 13.1 Å². The fourth-order valence-electron chi connectivity index (χ4n) is 4.02. The Morgan fingerprint density at radius 3 is 2.85 bits per heavy atom. The van der Waals surface area contributed by atoms with E-state index in [0.29, 0.717) is 6.04 Å². The first-order valence-corrected chi connectivity index (χ1v) is 10.5. The third-order valence-corrected chi connectivity index (χ3v) is 6.80. The van der Waals surface area contributed by atoms with E-state index >= 15 is 0 Å². The number of nitrogens with one attached hydrogen (secondary N) is 1. The van der Waals surface area contributed by atoms with Crippen molar-refractivity contribution in [2.24, 2.45) is 0 Å². The molecule has 6 heteroatoms. The monoisotopic (exact) mass is 385 g/mol. The number of quaternary nitrogens is 1. The highest BCUT2D eigenvalue weighted by Crippen LogP contribution is 2.26. The standard InChI is InChI=1S/C20H24N4S2/c1-3-18-17-10-12-26-19(17)9-11-22(18)14-24-20(25)23(15(2)21-24)13-16-7-5-4-6-8-16/h4-8,10,12,18H,3,9,11,13-14H2,1-2H3/p+1/t18-/m0/s1. The fourth-order valence-corrected chi connectivity index (χ4v) is 5.27. The number of benzene rings is 1. The summed E-state index contributed by atoms with van der Waals surface area (Å²) in [5.41, 5.74) is 2.79. The molecular formula is C20H25N4S2+. The van der Waals surface area contributed by atoms with Crippen LogP contribution < -0.4 is 4.90 Å². The summed E-state index contributed by atoms with van der Waals surface area (Å²) in [4.78, 5) is 3.13. The summed E-state index contributed by atoms with van der Waals surface area (Å²) in [6.45, 7) is 7.12. The topological polar surface area (TPSA) is 27.2 Å². The van der Waals surface area contributed by atoms with Crippen LogP contribution in [-0.2, 0) is 19.6 Å².